The van der Waals surface area contributed by atoms with Crippen LogP contribution in [0.4, 0.5) is 4.79 Å². The quantitative estimate of drug-likeness (QED) is 0.786. The van der Waals surface area contributed by atoms with Gasteiger partial charge in [-0.1, -0.05) is 18.2 Å². The average molecular weight is 340 g/mol. The molecule has 1 amide bonds. The van der Waals surface area contributed by atoms with Crippen LogP contribution >= 0.6 is 0 Å². The summed E-state index contributed by atoms with van der Waals surface area (Å²) in [6.07, 6.45) is 1.15. The fourth-order valence-electron chi connectivity index (χ4n) is 2.18. The van der Waals surface area contributed by atoms with Crippen LogP contribution in [0.5, 0.6) is 11.6 Å². The van der Waals surface area contributed by atoms with Gasteiger partial charge in [0, 0.05) is 12.1 Å². The topological polar surface area (TPSA) is 77.8 Å². The molecule has 0 saturated carbocycles. The highest BCUT2D eigenvalue weighted by atomic mass is 16.6. The van der Waals surface area contributed by atoms with Crippen LogP contribution in [0.15, 0.2) is 48.7 Å². The predicted molar refractivity (Wildman–Crippen MR) is 92.6 cm³/mol. The molecule has 3 aromatic rings. The van der Waals surface area contributed by atoms with Crippen molar-refractivity contribution in [2.45, 2.75) is 32.9 Å². The van der Waals surface area contributed by atoms with Crippen LogP contribution in [0.3, 0.4) is 0 Å². The standard InChI is InChI=1S/C18H20N4O3/c1-18(2,3)25-17(23)19-12-13-11-16(22-15(21-13)9-10-20-22)24-14-7-5-4-6-8-14/h4-11H,12H2,1-3H3,(H,19,23). The Balaban J connectivity index is 1.79. The lowest BCUT2D eigenvalue weighted by Crippen LogP contribution is -2.32. The molecule has 0 atom stereocenters. The van der Waals surface area contributed by atoms with E-state index in [0.29, 0.717) is 23.0 Å². The molecule has 2 aromatic heterocycles. The summed E-state index contributed by atoms with van der Waals surface area (Å²) in [5.41, 5.74) is 0.730. The van der Waals surface area contributed by atoms with Crippen LogP contribution in [0.1, 0.15) is 26.5 Å². The maximum Gasteiger partial charge on any atom is 0.407 e. The fourth-order valence-corrected chi connectivity index (χ4v) is 2.18. The highest BCUT2D eigenvalue weighted by Gasteiger charge is 2.16. The molecule has 0 aliphatic rings. The lowest BCUT2D eigenvalue weighted by molar-refractivity contribution is 0.0523. The Morgan fingerprint density at radius 1 is 1.20 bits per heavy atom. The SMILES string of the molecule is CC(C)(C)OC(=O)NCc1cc(Oc2ccccc2)n2nccc2n1. The number of aromatic nitrogens is 3. The summed E-state index contributed by atoms with van der Waals surface area (Å²) in [5.74, 6) is 1.21. The molecule has 0 aliphatic carbocycles. The third kappa shape index (κ3) is 4.47. The largest absolute Gasteiger partial charge is 0.444 e. The summed E-state index contributed by atoms with van der Waals surface area (Å²) in [7, 11) is 0. The molecule has 0 saturated heterocycles. The van der Waals surface area contributed by atoms with Gasteiger partial charge in [0.1, 0.15) is 11.4 Å². The van der Waals surface area contributed by atoms with E-state index in [1.807, 2.05) is 51.1 Å². The van der Waals surface area contributed by atoms with Crippen molar-refractivity contribution in [2.75, 3.05) is 0 Å². The summed E-state index contributed by atoms with van der Waals surface area (Å²) < 4.78 is 12.7. The van der Waals surface area contributed by atoms with Crippen molar-refractivity contribution in [1.82, 2.24) is 19.9 Å². The number of hydrogen-bond donors (Lipinski definition) is 1. The molecule has 3 rings (SSSR count). The monoisotopic (exact) mass is 340 g/mol. The van der Waals surface area contributed by atoms with Crippen LogP contribution in [0, 0.1) is 0 Å². The van der Waals surface area contributed by atoms with E-state index < -0.39 is 11.7 Å². The number of para-hydroxylation sites is 1. The Hall–Kier alpha value is -3.09. The zero-order valence-electron chi connectivity index (χ0n) is 14.4. The maximum absolute atomic E-state index is 11.8. The van der Waals surface area contributed by atoms with Crippen molar-refractivity contribution in [3.8, 4) is 11.6 Å². The lowest BCUT2D eigenvalue weighted by atomic mass is 10.2. The first-order valence-electron chi connectivity index (χ1n) is 7.94. The number of carbonyl (C=O) groups is 1. The molecule has 0 fully saturated rings. The highest BCUT2D eigenvalue weighted by molar-refractivity contribution is 5.67. The van der Waals surface area contributed by atoms with E-state index in [0.717, 1.165) is 0 Å². The summed E-state index contributed by atoms with van der Waals surface area (Å²) >= 11 is 0. The first-order valence-corrected chi connectivity index (χ1v) is 7.94. The third-order valence-corrected chi connectivity index (χ3v) is 3.16. The van der Waals surface area contributed by atoms with Gasteiger partial charge in [0.15, 0.2) is 5.65 Å². The van der Waals surface area contributed by atoms with Gasteiger partial charge in [-0.15, -0.1) is 0 Å². The van der Waals surface area contributed by atoms with Gasteiger partial charge in [-0.2, -0.15) is 9.61 Å². The Morgan fingerprint density at radius 2 is 1.96 bits per heavy atom. The molecule has 0 radical (unpaired) electrons. The van der Waals surface area contributed by atoms with Crippen LogP contribution in [0.25, 0.3) is 5.65 Å². The number of alkyl carbamates (subject to hydrolysis) is 1. The number of ether oxygens (including phenoxy) is 2. The molecule has 7 nitrogen and oxygen atoms in total. The summed E-state index contributed by atoms with van der Waals surface area (Å²) in [6, 6.07) is 12.9. The van der Waals surface area contributed by atoms with Crippen LogP contribution in [-0.4, -0.2) is 26.3 Å². The van der Waals surface area contributed by atoms with Gasteiger partial charge in [0.25, 0.3) is 0 Å². The van der Waals surface area contributed by atoms with Gasteiger partial charge >= 0.3 is 6.09 Å². The van der Waals surface area contributed by atoms with Gasteiger partial charge in [-0.25, -0.2) is 9.78 Å². The Bertz CT molecular complexity index is 869. The number of nitrogens with zero attached hydrogens (tertiary/aromatic N) is 3. The molecular weight excluding hydrogens is 320 g/mol. The summed E-state index contributed by atoms with van der Waals surface area (Å²) in [5, 5.41) is 6.91. The molecule has 0 aliphatic heterocycles. The highest BCUT2D eigenvalue weighted by Crippen LogP contribution is 2.22. The maximum atomic E-state index is 11.8. The number of hydrogen-bond acceptors (Lipinski definition) is 5. The predicted octanol–water partition coefficient (Wildman–Crippen LogP) is 3.55. The van der Waals surface area contributed by atoms with Crippen LogP contribution < -0.4 is 10.1 Å². The van der Waals surface area contributed by atoms with Crippen molar-refractivity contribution < 1.29 is 14.3 Å². The minimum atomic E-state index is -0.547. The molecule has 130 valence electrons. The van der Waals surface area contributed by atoms with Crippen molar-refractivity contribution >= 4 is 11.7 Å². The summed E-state index contributed by atoms with van der Waals surface area (Å²) in [6.45, 7) is 5.67. The van der Waals surface area contributed by atoms with Gasteiger partial charge in [-0.3, -0.25) is 0 Å². The number of benzene rings is 1. The van der Waals surface area contributed by atoms with Gasteiger partial charge < -0.3 is 14.8 Å². The number of fused-ring (bicyclic) bond motifs is 1. The van der Waals surface area contributed by atoms with Crippen molar-refractivity contribution in [3.05, 3.63) is 54.4 Å². The fraction of sp³-hybridized carbons (Fsp3) is 0.278. The second-order valence-electron chi connectivity index (χ2n) is 6.46. The first-order chi connectivity index (χ1) is 11.9. The van der Waals surface area contributed by atoms with Crippen molar-refractivity contribution in [1.29, 1.82) is 0 Å². The van der Waals surface area contributed by atoms with E-state index in [1.165, 1.54) is 0 Å². The van der Waals surface area contributed by atoms with Crippen LogP contribution in [0.2, 0.25) is 0 Å². The van der Waals surface area contributed by atoms with Gasteiger partial charge in [0.2, 0.25) is 5.88 Å². The second-order valence-corrected chi connectivity index (χ2v) is 6.46. The Labute approximate surface area is 145 Å². The molecule has 1 N–H and O–H groups in total. The lowest BCUT2D eigenvalue weighted by Gasteiger charge is -2.19. The summed E-state index contributed by atoms with van der Waals surface area (Å²) in [4.78, 5) is 16.3. The van der Waals surface area contributed by atoms with Crippen molar-refractivity contribution in [3.63, 3.8) is 0 Å². The normalized spacial score (nSPS) is 11.3. The van der Waals surface area contributed by atoms with Crippen molar-refractivity contribution in [2.24, 2.45) is 0 Å². The number of amides is 1. The number of nitrogens with one attached hydrogen (secondary N) is 1. The average Bonchev–Trinajstić information content (AvgIpc) is 3.01. The Morgan fingerprint density at radius 3 is 2.68 bits per heavy atom. The van der Waals surface area contributed by atoms with Gasteiger partial charge in [-0.05, 0) is 32.9 Å². The number of rotatable bonds is 4. The minimum Gasteiger partial charge on any atom is -0.444 e. The van der Waals surface area contributed by atoms with E-state index >= 15 is 0 Å². The minimum absolute atomic E-state index is 0.224. The van der Waals surface area contributed by atoms with E-state index in [2.05, 4.69) is 15.4 Å². The zero-order valence-corrected chi connectivity index (χ0v) is 14.4. The van der Waals surface area contributed by atoms with E-state index in [4.69, 9.17) is 9.47 Å². The first kappa shape index (κ1) is 16.8. The zero-order chi connectivity index (χ0) is 17.9. The molecule has 0 unspecified atom stereocenters. The molecule has 2 heterocycles. The van der Waals surface area contributed by atoms with E-state index in [1.54, 1.807) is 22.8 Å². The third-order valence-electron chi connectivity index (χ3n) is 3.16. The molecule has 0 bridgehead atoms. The smallest absolute Gasteiger partial charge is 0.407 e. The Kier molecular flexibility index (Phi) is 4.56. The molecule has 1 aromatic carbocycles. The van der Waals surface area contributed by atoms with E-state index in [-0.39, 0.29) is 6.54 Å². The number of carbonyl (C=O) groups excluding carboxylic acids is 1. The van der Waals surface area contributed by atoms with Gasteiger partial charge in [0.05, 0.1) is 18.4 Å². The second kappa shape index (κ2) is 6.80. The molecular formula is C18H20N4O3. The molecule has 0 spiro atoms. The van der Waals surface area contributed by atoms with E-state index in [9.17, 15) is 4.79 Å². The molecule has 25 heavy (non-hydrogen) atoms. The molecule has 7 heteroatoms. The van der Waals surface area contributed by atoms with Crippen LogP contribution in [-0.2, 0) is 11.3 Å².